The zero-order valence-corrected chi connectivity index (χ0v) is 20.6. The third kappa shape index (κ3) is 3.58. The first-order valence-electron chi connectivity index (χ1n) is 12.3. The van der Waals surface area contributed by atoms with Gasteiger partial charge in [-0.1, -0.05) is 30.0 Å². The second-order valence-corrected chi connectivity index (χ2v) is 11.6. The number of carbonyl (C=O) groups is 1. The van der Waals surface area contributed by atoms with E-state index in [-0.39, 0.29) is 11.0 Å². The molecule has 34 heavy (non-hydrogen) atoms. The van der Waals surface area contributed by atoms with Gasteiger partial charge in [0.2, 0.25) is 0 Å². The molecule has 0 atom stereocenters. The predicted octanol–water partition coefficient (Wildman–Crippen LogP) is 5.58. The minimum absolute atomic E-state index is 0.140. The van der Waals surface area contributed by atoms with Crippen LogP contribution in [-0.2, 0) is 4.79 Å². The smallest absolute Gasteiger partial charge is 0.266 e. The molecule has 5 nitrogen and oxygen atoms in total. The average Bonchev–Trinajstić information content (AvgIpc) is 2.82. The van der Waals surface area contributed by atoms with Crippen molar-refractivity contribution < 1.29 is 9.53 Å². The van der Waals surface area contributed by atoms with Crippen molar-refractivity contribution >= 4 is 28.4 Å². The van der Waals surface area contributed by atoms with Gasteiger partial charge >= 0.3 is 0 Å². The highest BCUT2D eigenvalue weighted by Crippen LogP contribution is 2.60. The first kappa shape index (κ1) is 21.9. The van der Waals surface area contributed by atoms with Crippen LogP contribution < -0.4 is 10.3 Å². The van der Waals surface area contributed by atoms with Gasteiger partial charge in [0.15, 0.2) is 5.16 Å². The number of methoxy groups -OCH3 is 1. The molecule has 176 valence electrons. The topological polar surface area (TPSA) is 61.2 Å². The Morgan fingerprint density at radius 1 is 1.09 bits per heavy atom. The largest absolute Gasteiger partial charge is 0.495 e. The van der Waals surface area contributed by atoms with E-state index in [4.69, 9.17) is 9.72 Å². The fourth-order valence-electron chi connectivity index (χ4n) is 7.13. The van der Waals surface area contributed by atoms with Crippen LogP contribution >= 0.6 is 11.8 Å². The molecule has 0 saturated heterocycles. The molecule has 0 N–H and O–H groups in total. The van der Waals surface area contributed by atoms with Gasteiger partial charge in [-0.25, -0.2) is 4.98 Å². The van der Waals surface area contributed by atoms with E-state index in [0.29, 0.717) is 39.0 Å². The highest BCUT2D eigenvalue weighted by atomic mass is 32.2. The van der Waals surface area contributed by atoms with E-state index in [9.17, 15) is 9.59 Å². The highest BCUT2D eigenvalue weighted by molar-refractivity contribution is 7.99. The molecule has 2 aromatic carbocycles. The Morgan fingerprint density at radius 3 is 2.44 bits per heavy atom. The van der Waals surface area contributed by atoms with E-state index < -0.39 is 0 Å². The number of hydrogen-bond donors (Lipinski definition) is 0. The lowest BCUT2D eigenvalue weighted by atomic mass is 9.48. The first-order chi connectivity index (χ1) is 16.5. The molecule has 0 unspecified atom stereocenters. The van der Waals surface area contributed by atoms with Gasteiger partial charge in [-0.2, -0.15) is 0 Å². The SMILES string of the molecule is COc1ccc(C)cc1-n1c(SCC(=O)C23CC4CC(CC(C4)C2)C3)nc2ccccc2c1=O. The maximum Gasteiger partial charge on any atom is 0.266 e. The van der Waals surface area contributed by atoms with Gasteiger partial charge in [0.1, 0.15) is 11.5 Å². The lowest BCUT2D eigenvalue weighted by Gasteiger charge is -2.56. The summed E-state index contributed by atoms with van der Waals surface area (Å²) in [6.07, 6.45) is 7.13. The number of aryl methyl sites for hydroxylation is 1. The molecule has 0 aliphatic heterocycles. The predicted molar refractivity (Wildman–Crippen MR) is 135 cm³/mol. The number of carbonyl (C=O) groups excluding carboxylic acids is 1. The molecule has 4 bridgehead atoms. The molecule has 7 rings (SSSR count). The van der Waals surface area contributed by atoms with Crippen molar-refractivity contribution in [3.05, 3.63) is 58.4 Å². The number of fused-ring (bicyclic) bond motifs is 1. The molecule has 3 aromatic rings. The van der Waals surface area contributed by atoms with Crippen LogP contribution in [0, 0.1) is 30.1 Å². The van der Waals surface area contributed by atoms with Crippen molar-refractivity contribution in [3.63, 3.8) is 0 Å². The number of ether oxygens (including phenoxy) is 1. The summed E-state index contributed by atoms with van der Waals surface area (Å²) in [7, 11) is 1.61. The molecule has 0 spiro atoms. The summed E-state index contributed by atoms with van der Waals surface area (Å²) in [5.41, 5.74) is 2.05. The zero-order chi connectivity index (χ0) is 23.4. The lowest BCUT2D eigenvalue weighted by molar-refractivity contribution is -0.141. The van der Waals surface area contributed by atoms with Crippen LogP contribution in [0.25, 0.3) is 16.6 Å². The molecule has 0 amide bonds. The molecule has 1 aromatic heterocycles. The van der Waals surface area contributed by atoms with Crippen molar-refractivity contribution in [2.24, 2.45) is 23.2 Å². The second kappa shape index (κ2) is 8.26. The third-order valence-electron chi connectivity index (χ3n) is 8.28. The minimum atomic E-state index is -0.148. The molecule has 6 heteroatoms. The number of Topliss-reactive ketones (excluding diaryl/α,β-unsaturated/α-hetero) is 1. The number of hydrogen-bond acceptors (Lipinski definition) is 5. The van der Waals surface area contributed by atoms with Crippen LogP contribution in [0.5, 0.6) is 5.75 Å². The zero-order valence-electron chi connectivity index (χ0n) is 19.8. The van der Waals surface area contributed by atoms with Gasteiger partial charge in [0.05, 0.1) is 29.5 Å². The van der Waals surface area contributed by atoms with Gasteiger partial charge in [-0.05, 0) is 93.0 Å². The molecular formula is C28H30N2O3S. The maximum atomic E-state index is 13.7. The van der Waals surface area contributed by atoms with Crippen LogP contribution in [0.2, 0.25) is 0 Å². The average molecular weight is 475 g/mol. The van der Waals surface area contributed by atoms with Gasteiger partial charge in [0, 0.05) is 5.41 Å². The molecular weight excluding hydrogens is 444 g/mol. The highest BCUT2D eigenvalue weighted by Gasteiger charge is 2.54. The number of rotatable bonds is 6. The summed E-state index contributed by atoms with van der Waals surface area (Å²) in [4.78, 5) is 32.2. The van der Waals surface area contributed by atoms with Crippen LogP contribution in [0.4, 0.5) is 0 Å². The monoisotopic (exact) mass is 474 g/mol. The van der Waals surface area contributed by atoms with E-state index in [1.54, 1.807) is 17.7 Å². The summed E-state index contributed by atoms with van der Waals surface area (Å²) >= 11 is 1.40. The van der Waals surface area contributed by atoms with E-state index in [1.807, 2.05) is 43.3 Å². The Hall–Kier alpha value is -2.60. The summed E-state index contributed by atoms with van der Waals surface area (Å²) < 4.78 is 7.23. The summed E-state index contributed by atoms with van der Waals surface area (Å²) in [5.74, 6) is 3.50. The quantitative estimate of drug-likeness (QED) is 0.345. The van der Waals surface area contributed by atoms with Crippen LogP contribution in [0.15, 0.2) is 52.4 Å². The number of ketones is 1. The summed E-state index contributed by atoms with van der Waals surface area (Å²) in [5, 5.41) is 1.11. The molecule has 4 aliphatic rings. The van der Waals surface area contributed by atoms with Crippen LogP contribution in [0.3, 0.4) is 0 Å². The molecule has 1 heterocycles. The molecule has 4 aliphatic carbocycles. The van der Waals surface area contributed by atoms with E-state index in [1.165, 1.54) is 31.0 Å². The van der Waals surface area contributed by atoms with Crippen molar-refractivity contribution in [2.75, 3.05) is 12.9 Å². The molecule has 0 radical (unpaired) electrons. The summed E-state index contributed by atoms with van der Waals surface area (Å²) in [6.45, 7) is 1.99. The fourth-order valence-corrected chi connectivity index (χ4v) is 8.17. The molecule has 4 saturated carbocycles. The Balaban J connectivity index is 1.39. The van der Waals surface area contributed by atoms with Crippen molar-refractivity contribution in [3.8, 4) is 11.4 Å². The second-order valence-electron chi connectivity index (χ2n) is 10.6. The van der Waals surface area contributed by atoms with Crippen molar-refractivity contribution in [1.29, 1.82) is 0 Å². The van der Waals surface area contributed by atoms with E-state index in [0.717, 1.165) is 42.6 Å². The number of para-hydroxylation sites is 1. The maximum absolute atomic E-state index is 13.7. The van der Waals surface area contributed by atoms with Gasteiger partial charge in [-0.3, -0.25) is 14.2 Å². The standard InChI is InChI=1S/C28H30N2O3S/c1-17-7-8-24(33-2)23(9-17)30-26(32)21-5-3-4-6-22(21)29-27(30)34-16-25(31)28-13-18-10-19(14-28)12-20(11-18)15-28/h3-9,18-20H,10-16H2,1-2H3. The lowest BCUT2D eigenvalue weighted by Crippen LogP contribution is -2.50. The first-order valence-corrected chi connectivity index (χ1v) is 13.3. The van der Waals surface area contributed by atoms with E-state index in [2.05, 4.69) is 0 Å². The van der Waals surface area contributed by atoms with Gasteiger partial charge in [0.25, 0.3) is 5.56 Å². The van der Waals surface area contributed by atoms with Crippen LogP contribution in [-0.4, -0.2) is 28.2 Å². The fraction of sp³-hybridized carbons (Fsp3) is 0.464. The Labute approximate surface area is 203 Å². The Morgan fingerprint density at radius 2 is 1.76 bits per heavy atom. The molecule has 4 fully saturated rings. The number of benzene rings is 2. The minimum Gasteiger partial charge on any atom is -0.495 e. The number of aromatic nitrogens is 2. The van der Waals surface area contributed by atoms with Crippen LogP contribution in [0.1, 0.15) is 44.1 Å². The van der Waals surface area contributed by atoms with E-state index >= 15 is 0 Å². The number of thioether (sulfide) groups is 1. The van der Waals surface area contributed by atoms with Crippen molar-refractivity contribution in [2.45, 2.75) is 50.6 Å². The Kier molecular flexibility index (Phi) is 5.32. The number of nitrogens with zero attached hydrogens (tertiary/aromatic N) is 2. The Bertz CT molecular complexity index is 1310. The third-order valence-corrected chi connectivity index (χ3v) is 9.22. The summed E-state index contributed by atoms with van der Waals surface area (Å²) in [6, 6.07) is 13.2. The van der Waals surface area contributed by atoms with Gasteiger partial charge in [-0.15, -0.1) is 0 Å². The van der Waals surface area contributed by atoms with Gasteiger partial charge < -0.3 is 4.74 Å². The van der Waals surface area contributed by atoms with Crippen molar-refractivity contribution in [1.82, 2.24) is 9.55 Å². The normalized spacial score (nSPS) is 27.3.